The van der Waals surface area contributed by atoms with Gasteiger partial charge < -0.3 is 15.4 Å². The van der Waals surface area contributed by atoms with Gasteiger partial charge in [-0.25, -0.2) is 0 Å². The second kappa shape index (κ2) is 9.61. The largest absolute Gasteiger partial charge is 0.484 e. The number of amides is 2. The maximum absolute atomic E-state index is 12.0. The fourth-order valence-electron chi connectivity index (χ4n) is 2.43. The first kappa shape index (κ1) is 19.5. The Morgan fingerprint density at radius 3 is 2.42 bits per heavy atom. The van der Waals surface area contributed by atoms with Crippen molar-refractivity contribution in [3.63, 3.8) is 0 Å². The Hall–Kier alpha value is -2.82. The molecule has 0 aromatic heterocycles. The van der Waals surface area contributed by atoms with Crippen LogP contribution in [0.1, 0.15) is 48.2 Å². The normalized spacial score (nSPS) is 10.5. The van der Waals surface area contributed by atoms with Gasteiger partial charge in [0.15, 0.2) is 6.61 Å². The van der Waals surface area contributed by atoms with Crippen molar-refractivity contribution in [1.29, 1.82) is 0 Å². The van der Waals surface area contributed by atoms with Crippen LogP contribution in [-0.4, -0.2) is 25.0 Å². The van der Waals surface area contributed by atoms with Gasteiger partial charge in [-0.1, -0.05) is 38.1 Å². The first-order valence-electron chi connectivity index (χ1n) is 8.86. The fourth-order valence-corrected chi connectivity index (χ4v) is 2.43. The molecule has 2 aromatic carbocycles. The van der Waals surface area contributed by atoms with Crippen LogP contribution in [-0.2, 0) is 11.3 Å². The molecular weight excluding hydrogens is 328 g/mol. The van der Waals surface area contributed by atoms with Crippen molar-refractivity contribution < 1.29 is 14.3 Å². The second-order valence-electron chi connectivity index (χ2n) is 6.35. The van der Waals surface area contributed by atoms with Gasteiger partial charge in [-0.2, -0.15) is 0 Å². The van der Waals surface area contributed by atoms with Gasteiger partial charge in [-0.15, -0.1) is 0 Å². The molecule has 0 heterocycles. The van der Waals surface area contributed by atoms with Crippen molar-refractivity contribution in [3.05, 3.63) is 65.2 Å². The summed E-state index contributed by atoms with van der Waals surface area (Å²) < 4.78 is 5.51. The lowest BCUT2D eigenvalue weighted by molar-refractivity contribution is -0.123. The Kier molecular flexibility index (Phi) is 7.21. The summed E-state index contributed by atoms with van der Waals surface area (Å²) in [6, 6.07) is 15.0. The molecule has 0 aliphatic carbocycles. The van der Waals surface area contributed by atoms with E-state index in [0.29, 0.717) is 30.3 Å². The van der Waals surface area contributed by atoms with Crippen molar-refractivity contribution in [2.45, 2.75) is 33.2 Å². The van der Waals surface area contributed by atoms with Gasteiger partial charge in [0.1, 0.15) is 5.75 Å². The molecule has 2 rings (SSSR count). The van der Waals surface area contributed by atoms with Gasteiger partial charge in [-0.05, 0) is 48.2 Å². The van der Waals surface area contributed by atoms with E-state index in [1.54, 1.807) is 18.2 Å². The molecular formula is C21H26N2O3. The first-order valence-corrected chi connectivity index (χ1v) is 8.86. The molecule has 26 heavy (non-hydrogen) atoms. The third-order valence-corrected chi connectivity index (χ3v) is 3.93. The number of hydrogen-bond donors (Lipinski definition) is 2. The van der Waals surface area contributed by atoms with E-state index in [-0.39, 0.29) is 18.4 Å². The number of hydrogen-bond acceptors (Lipinski definition) is 3. The highest BCUT2D eigenvalue weighted by Gasteiger charge is 2.07. The lowest BCUT2D eigenvalue weighted by atomic mass is 10.0. The van der Waals surface area contributed by atoms with Gasteiger partial charge in [0.25, 0.3) is 11.8 Å². The molecule has 0 saturated carbocycles. The summed E-state index contributed by atoms with van der Waals surface area (Å²) in [5.74, 6) is 0.806. The van der Waals surface area contributed by atoms with Gasteiger partial charge >= 0.3 is 0 Å². The summed E-state index contributed by atoms with van der Waals surface area (Å²) >= 11 is 0. The summed E-state index contributed by atoms with van der Waals surface area (Å²) in [6.07, 6.45) is 0. The topological polar surface area (TPSA) is 67.4 Å². The number of rotatable bonds is 8. The number of nitrogens with one attached hydrogen (secondary N) is 2. The number of benzene rings is 2. The van der Waals surface area contributed by atoms with Gasteiger partial charge in [0.05, 0.1) is 0 Å². The van der Waals surface area contributed by atoms with Crippen LogP contribution in [0.4, 0.5) is 0 Å². The Bertz CT molecular complexity index is 739. The lowest BCUT2D eigenvalue weighted by Crippen LogP contribution is -2.28. The first-order chi connectivity index (χ1) is 12.5. The van der Waals surface area contributed by atoms with Crippen molar-refractivity contribution in [2.75, 3.05) is 13.2 Å². The van der Waals surface area contributed by atoms with Crippen LogP contribution in [0.25, 0.3) is 0 Å². The van der Waals surface area contributed by atoms with Crippen molar-refractivity contribution in [2.24, 2.45) is 0 Å². The molecule has 0 saturated heterocycles. The molecule has 0 aliphatic heterocycles. The average molecular weight is 354 g/mol. The number of ether oxygens (including phenoxy) is 1. The number of carbonyl (C=O) groups is 2. The number of carbonyl (C=O) groups excluding carboxylic acids is 2. The van der Waals surface area contributed by atoms with Gasteiger partial charge in [0, 0.05) is 18.7 Å². The van der Waals surface area contributed by atoms with Crippen LogP contribution >= 0.6 is 0 Å². The molecule has 0 aliphatic rings. The second-order valence-corrected chi connectivity index (χ2v) is 6.35. The minimum absolute atomic E-state index is 0.0446. The molecule has 5 nitrogen and oxygen atoms in total. The zero-order valence-electron chi connectivity index (χ0n) is 15.5. The lowest BCUT2D eigenvalue weighted by Gasteiger charge is -2.10. The Morgan fingerprint density at radius 1 is 1.04 bits per heavy atom. The minimum Gasteiger partial charge on any atom is -0.484 e. The molecule has 2 amide bonds. The van der Waals surface area contributed by atoms with E-state index in [4.69, 9.17) is 4.74 Å². The highest BCUT2D eigenvalue weighted by molar-refractivity contribution is 5.94. The van der Waals surface area contributed by atoms with Gasteiger partial charge in [-0.3, -0.25) is 9.59 Å². The average Bonchev–Trinajstić information content (AvgIpc) is 2.65. The van der Waals surface area contributed by atoms with Crippen LogP contribution in [0.15, 0.2) is 48.5 Å². The Balaban J connectivity index is 1.81. The predicted octanol–water partition coefficient (Wildman–Crippen LogP) is 3.25. The Labute approximate surface area is 154 Å². The molecule has 0 radical (unpaired) electrons. The predicted molar refractivity (Wildman–Crippen MR) is 102 cm³/mol. The van der Waals surface area contributed by atoms with Gasteiger partial charge in [0.2, 0.25) is 0 Å². The molecule has 2 aromatic rings. The van der Waals surface area contributed by atoms with Crippen LogP contribution in [0.3, 0.4) is 0 Å². The van der Waals surface area contributed by atoms with Crippen molar-refractivity contribution in [1.82, 2.24) is 10.6 Å². The van der Waals surface area contributed by atoms with Crippen molar-refractivity contribution >= 4 is 11.8 Å². The molecule has 0 atom stereocenters. The standard InChI is InChI=1S/C21H26N2O3/c1-4-22-21(25)18-7-5-6-16(12-18)13-23-20(24)14-26-19-10-8-17(9-11-19)15(2)3/h5-12,15H,4,13-14H2,1-3H3,(H,22,25)(H,23,24). The molecule has 5 heteroatoms. The zero-order valence-corrected chi connectivity index (χ0v) is 15.5. The summed E-state index contributed by atoms with van der Waals surface area (Å²) in [4.78, 5) is 23.8. The molecule has 0 bridgehead atoms. The summed E-state index contributed by atoms with van der Waals surface area (Å²) in [5.41, 5.74) is 2.68. The van der Waals surface area contributed by atoms with E-state index in [0.717, 1.165) is 5.56 Å². The van der Waals surface area contributed by atoms with E-state index >= 15 is 0 Å². The zero-order chi connectivity index (χ0) is 18.9. The van der Waals surface area contributed by atoms with Crippen LogP contribution in [0, 0.1) is 0 Å². The monoisotopic (exact) mass is 354 g/mol. The molecule has 2 N–H and O–H groups in total. The fraction of sp³-hybridized carbons (Fsp3) is 0.333. The highest BCUT2D eigenvalue weighted by Crippen LogP contribution is 2.18. The van der Waals surface area contributed by atoms with E-state index in [1.807, 2.05) is 37.3 Å². The third kappa shape index (κ3) is 5.92. The molecule has 138 valence electrons. The molecule has 0 fully saturated rings. The van der Waals surface area contributed by atoms with E-state index in [1.165, 1.54) is 5.56 Å². The highest BCUT2D eigenvalue weighted by atomic mass is 16.5. The summed E-state index contributed by atoms with van der Waals surface area (Å²) in [6.45, 7) is 7.01. The maximum atomic E-state index is 12.0. The quantitative estimate of drug-likeness (QED) is 0.765. The van der Waals surface area contributed by atoms with E-state index in [2.05, 4.69) is 24.5 Å². The maximum Gasteiger partial charge on any atom is 0.258 e. The smallest absolute Gasteiger partial charge is 0.258 e. The van der Waals surface area contributed by atoms with Crippen molar-refractivity contribution in [3.8, 4) is 5.75 Å². The third-order valence-electron chi connectivity index (χ3n) is 3.93. The Morgan fingerprint density at radius 2 is 1.77 bits per heavy atom. The molecule has 0 spiro atoms. The molecule has 0 unspecified atom stereocenters. The van der Waals surface area contributed by atoms with Crippen LogP contribution in [0.2, 0.25) is 0 Å². The minimum atomic E-state index is -0.207. The van der Waals surface area contributed by atoms with Crippen LogP contribution in [0.5, 0.6) is 5.75 Å². The van der Waals surface area contributed by atoms with E-state index in [9.17, 15) is 9.59 Å². The van der Waals surface area contributed by atoms with Crippen LogP contribution < -0.4 is 15.4 Å². The summed E-state index contributed by atoms with van der Waals surface area (Å²) in [5, 5.41) is 5.56. The van der Waals surface area contributed by atoms with E-state index < -0.39 is 0 Å². The SMILES string of the molecule is CCNC(=O)c1cccc(CNC(=O)COc2ccc(C(C)C)cc2)c1. The summed E-state index contributed by atoms with van der Waals surface area (Å²) in [7, 11) is 0.